The Morgan fingerprint density at radius 3 is 2.51 bits per heavy atom. The van der Waals surface area contributed by atoms with Crippen molar-refractivity contribution in [3.8, 4) is 11.5 Å². The fourth-order valence-corrected chi connectivity index (χ4v) is 4.21. The molecule has 2 atom stereocenters. The highest BCUT2D eigenvalue weighted by atomic mass is 16.5. The van der Waals surface area contributed by atoms with Crippen molar-refractivity contribution in [3.63, 3.8) is 0 Å². The Balaban J connectivity index is 1.75. The monoisotopic (exact) mass is 474 g/mol. The van der Waals surface area contributed by atoms with Crippen molar-refractivity contribution in [2.75, 3.05) is 27.4 Å². The molecule has 1 aliphatic heterocycles. The van der Waals surface area contributed by atoms with E-state index in [1.54, 1.807) is 14.2 Å². The summed E-state index contributed by atoms with van der Waals surface area (Å²) in [5.41, 5.74) is 1.30. The van der Waals surface area contributed by atoms with Crippen molar-refractivity contribution in [1.82, 2.24) is 5.32 Å². The normalized spacial score (nSPS) is 18.9. The zero-order valence-electron chi connectivity index (χ0n) is 19.9. The van der Waals surface area contributed by atoms with Crippen molar-refractivity contribution >= 4 is 11.8 Å². The summed E-state index contributed by atoms with van der Waals surface area (Å²) in [5.74, 6) is 1.52. The molecule has 3 aromatic carbocycles. The molecule has 0 aromatic heterocycles. The maximum absolute atomic E-state index is 13.5. The first-order valence-electron chi connectivity index (χ1n) is 11.6. The third-order valence-corrected chi connectivity index (χ3v) is 5.97. The number of methoxy groups -OCH3 is 1. The molecule has 0 fully saturated rings. The van der Waals surface area contributed by atoms with E-state index in [0.29, 0.717) is 36.8 Å². The Hall–Kier alpha value is -3.84. The second-order valence-corrected chi connectivity index (χ2v) is 8.31. The highest BCUT2D eigenvalue weighted by molar-refractivity contribution is 6.01. The van der Waals surface area contributed by atoms with Gasteiger partial charge in [0, 0.05) is 32.1 Å². The second-order valence-electron chi connectivity index (χ2n) is 8.31. The molecule has 2 N–H and O–H groups in total. The van der Waals surface area contributed by atoms with Crippen LogP contribution >= 0.6 is 0 Å². The van der Waals surface area contributed by atoms with Crippen LogP contribution in [0.5, 0.6) is 11.5 Å². The van der Waals surface area contributed by atoms with Crippen molar-refractivity contribution in [2.24, 2.45) is 4.99 Å². The standard InChI is InChI=1S/C28H30N2O5/c1-29-27(32)28(19-20-8-4-3-5-9-20)25(22-10-6-11-24(18-22)33-2)35-26(30-28)21-12-14-23(15-13-21)34-17-7-16-31/h3-6,8-15,18,25,31H,7,16-17,19H2,1-2H3,(H,29,32)/t25-,28-/m1/s1. The molecule has 0 bridgehead atoms. The minimum atomic E-state index is -1.21. The molecule has 1 aliphatic rings. The summed E-state index contributed by atoms with van der Waals surface area (Å²) in [4.78, 5) is 18.4. The van der Waals surface area contributed by atoms with E-state index < -0.39 is 11.6 Å². The number of nitrogens with one attached hydrogen (secondary N) is 1. The number of aliphatic imine (C=N–C) groups is 1. The lowest BCUT2D eigenvalue weighted by Gasteiger charge is -2.30. The van der Waals surface area contributed by atoms with Gasteiger partial charge >= 0.3 is 0 Å². The van der Waals surface area contributed by atoms with E-state index in [-0.39, 0.29) is 12.5 Å². The molecule has 3 aromatic rings. The Kier molecular flexibility index (Phi) is 7.67. The number of likely N-dealkylation sites (N-methyl/N-ethyl adjacent to an activating group) is 1. The van der Waals surface area contributed by atoms with Gasteiger partial charge in [-0.05, 0) is 47.5 Å². The molecule has 0 saturated heterocycles. The zero-order chi connectivity index (χ0) is 24.7. The van der Waals surface area contributed by atoms with Crippen LogP contribution in [-0.4, -0.2) is 49.8 Å². The van der Waals surface area contributed by atoms with Gasteiger partial charge in [0.05, 0.1) is 13.7 Å². The third-order valence-electron chi connectivity index (χ3n) is 5.97. The Bertz CT molecular complexity index is 1160. The van der Waals surface area contributed by atoms with Crippen LogP contribution in [0.1, 0.15) is 29.2 Å². The molecule has 0 spiro atoms. The van der Waals surface area contributed by atoms with Gasteiger partial charge in [0.2, 0.25) is 5.90 Å². The number of amides is 1. The van der Waals surface area contributed by atoms with Gasteiger partial charge in [-0.25, -0.2) is 4.99 Å². The summed E-state index contributed by atoms with van der Waals surface area (Å²) in [5, 5.41) is 11.8. The van der Waals surface area contributed by atoms with E-state index >= 15 is 0 Å². The topological polar surface area (TPSA) is 89.4 Å². The number of rotatable bonds is 10. The van der Waals surface area contributed by atoms with E-state index in [0.717, 1.165) is 16.7 Å². The lowest BCUT2D eigenvalue weighted by Crippen LogP contribution is -2.48. The van der Waals surface area contributed by atoms with E-state index in [9.17, 15) is 4.79 Å². The smallest absolute Gasteiger partial charge is 0.252 e. The average molecular weight is 475 g/mol. The first-order chi connectivity index (χ1) is 17.1. The molecule has 1 amide bonds. The van der Waals surface area contributed by atoms with Crippen LogP contribution in [0.3, 0.4) is 0 Å². The lowest BCUT2D eigenvalue weighted by molar-refractivity contribution is -0.128. The first kappa shape index (κ1) is 24.3. The van der Waals surface area contributed by atoms with E-state index in [1.165, 1.54) is 0 Å². The Labute approximate surface area is 205 Å². The summed E-state index contributed by atoms with van der Waals surface area (Å²) in [6.07, 6.45) is 0.267. The number of aliphatic hydroxyl groups excluding tert-OH is 1. The minimum absolute atomic E-state index is 0.0807. The van der Waals surface area contributed by atoms with Crippen molar-refractivity contribution < 1.29 is 24.1 Å². The fraction of sp³-hybridized carbons (Fsp3) is 0.286. The van der Waals surface area contributed by atoms with Crippen LogP contribution < -0.4 is 14.8 Å². The molecule has 0 aliphatic carbocycles. The van der Waals surface area contributed by atoms with Gasteiger partial charge in [0.25, 0.3) is 5.91 Å². The van der Waals surface area contributed by atoms with Gasteiger partial charge in [-0.1, -0.05) is 42.5 Å². The van der Waals surface area contributed by atoms with Crippen LogP contribution in [0.25, 0.3) is 0 Å². The van der Waals surface area contributed by atoms with Gasteiger partial charge in [0.1, 0.15) is 11.5 Å². The van der Waals surface area contributed by atoms with Gasteiger partial charge in [-0.3, -0.25) is 4.79 Å². The Morgan fingerprint density at radius 1 is 1.06 bits per heavy atom. The van der Waals surface area contributed by atoms with Crippen LogP contribution in [0.4, 0.5) is 0 Å². The maximum Gasteiger partial charge on any atom is 0.252 e. The highest BCUT2D eigenvalue weighted by Crippen LogP contribution is 2.43. The molecular weight excluding hydrogens is 444 g/mol. The number of benzene rings is 3. The zero-order valence-corrected chi connectivity index (χ0v) is 19.9. The molecule has 35 heavy (non-hydrogen) atoms. The first-order valence-corrected chi connectivity index (χ1v) is 11.6. The van der Waals surface area contributed by atoms with E-state index in [2.05, 4.69) is 5.32 Å². The summed E-state index contributed by atoms with van der Waals surface area (Å²) >= 11 is 0. The number of hydrogen-bond acceptors (Lipinski definition) is 6. The number of aliphatic hydroxyl groups is 1. The van der Waals surface area contributed by atoms with Crippen LogP contribution in [0.15, 0.2) is 83.9 Å². The Morgan fingerprint density at radius 2 is 1.83 bits per heavy atom. The summed E-state index contributed by atoms with van der Waals surface area (Å²) < 4.78 is 17.5. The van der Waals surface area contributed by atoms with E-state index in [1.807, 2.05) is 78.9 Å². The lowest BCUT2D eigenvalue weighted by atomic mass is 9.82. The largest absolute Gasteiger partial charge is 0.497 e. The van der Waals surface area contributed by atoms with Crippen LogP contribution in [0.2, 0.25) is 0 Å². The predicted octanol–water partition coefficient (Wildman–Crippen LogP) is 3.70. The van der Waals surface area contributed by atoms with Crippen LogP contribution in [0, 0.1) is 0 Å². The molecule has 7 heteroatoms. The van der Waals surface area contributed by atoms with Crippen LogP contribution in [-0.2, 0) is 16.0 Å². The minimum Gasteiger partial charge on any atom is -0.497 e. The molecule has 0 radical (unpaired) electrons. The van der Waals surface area contributed by atoms with Crippen molar-refractivity contribution in [3.05, 3.63) is 95.6 Å². The number of carbonyl (C=O) groups excluding carboxylic acids is 1. The molecule has 182 valence electrons. The summed E-state index contributed by atoms with van der Waals surface area (Å²) in [6, 6.07) is 24.7. The number of nitrogens with zero attached hydrogens (tertiary/aromatic N) is 1. The quantitative estimate of drug-likeness (QED) is 0.438. The number of carbonyl (C=O) groups is 1. The van der Waals surface area contributed by atoms with Gasteiger partial charge < -0.3 is 24.6 Å². The molecule has 7 nitrogen and oxygen atoms in total. The summed E-state index contributed by atoms with van der Waals surface area (Å²) in [7, 11) is 3.22. The molecule has 0 saturated carbocycles. The number of ether oxygens (including phenoxy) is 3. The fourth-order valence-electron chi connectivity index (χ4n) is 4.21. The molecule has 4 rings (SSSR count). The number of hydrogen-bond donors (Lipinski definition) is 2. The molecule has 1 heterocycles. The second kappa shape index (κ2) is 11.1. The van der Waals surface area contributed by atoms with Gasteiger partial charge in [-0.2, -0.15) is 0 Å². The van der Waals surface area contributed by atoms with E-state index in [4.69, 9.17) is 24.3 Å². The summed E-state index contributed by atoms with van der Waals surface area (Å²) in [6.45, 7) is 0.513. The predicted molar refractivity (Wildman–Crippen MR) is 134 cm³/mol. The average Bonchev–Trinajstić information content (AvgIpc) is 3.29. The third kappa shape index (κ3) is 5.30. The SMILES string of the molecule is CNC(=O)[C@]1(Cc2ccccc2)N=C(c2ccc(OCCCO)cc2)O[C@@H]1c1cccc(OC)c1. The van der Waals surface area contributed by atoms with Crippen molar-refractivity contribution in [2.45, 2.75) is 24.5 Å². The molecule has 0 unspecified atom stereocenters. The van der Waals surface area contributed by atoms with Gasteiger partial charge in [0.15, 0.2) is 11.6 Å². The molecular formula is C28H30N2O5. The maximum atomic E-state index is 13.5. The van der Waals surface area contributed by atoms with Gasteiger partial charge in [-0.15, -0.1) is 0 Å². The van der Waals surface area contributed by atoms with Crippen molar-refractivity contribution in [1.29, 1.82) is 0 Å². The highest BCUT2D eigenvalue weighted by Gasteiger charge is 2.53.